The molecule has 0 aliphatic rings. The Labute approximate surface area is 99.5 Å². The van der Waals surface area contributed by atoms with Crippen LogP contribution in [0.2, 0.25) is 0 Å². The number of nitriles is 1. The van der Waals surface area contributed by atoms with Crippen molar-refractivity contribution in [3.63, 3.8) is 0 Å². The van der Waals surface area contributed by atoms with Gasteiger partial charge in [-0.05, 0) is 18.6 Å². The topological polar surface area (TPSA) is 80.5 Å². The normalized spacial score (nSPS) is 13.9. The number of pyridine rings is 1. The Morgan fingerprint density at radius 1 is 1.47 bits per heavy atom. The summed E-state index contributed by atoms with van der Waals surface area (Å²) in [6, 6.07) is 5.60. The van der Waals surface area contributed by atoms with Crippen molar-refractivity contribution in [2.24, 2.45) is 5.73 Å². The van der Waals surface area contributed by atoms with E-state index in [0.29, 0.717) is 5.82 Å². The number of aromatic nitrogens is 3. The average Bonchev–Trinajstić information content (AvgIpc) is 2.78. The molecule has 2 heterocycles. The maximum Gasteiger partial charge on any atom is 0.213 e. The van der Waals surface area contributed by atoms with Crippen LogP contribution in [-0.2, 0) is 0 Å². The van der Waals surface area contributed by atoms with Crippen molar-refractivity contribution < 1.29 is 0 Å². The van der Waals surface area contributed by atoms with Crippen molar-refractivity contribution in [1.82, 2.24) is 14.5 Å². The molecule has 2 aromatic rings. The molecule has 2 N–H and O–H groups in total. The molecular weight excluding hydrogens is 214 g/mol. The summed E-state index contributed by atoms with van der Waals surface area (Å²) < 4.78 is 1.78. The smallest absolute Gasteiger partial charge is 0.213 e. The van der Waals surface area contributed by atoms with Gasteiger partial charge in [0, 0.05) is 30.8 Å². The maximum absolute atomic E-state index is 9.00. The fourth-order valence-corrected chi connectivity index (χ4v) is 1.89. The van der Waals surface area contributed by atoms with Gasteiger partial charge in [-0.3, -0.25) is 4.98 Å². The number of rotatable bonds is 3. The molecule has 0 fully saturated rings. The molecule has 5 heteroatoms. The van der Waals surface area contributed by atoms with Crippen LogP contribution in [0.4, 0.5) is 0 Å². The minimum atomic E-state index is -0.138. The van der Waals surface area contributed by atoms with Gasteiger partial charge in [0.15, 0.2) is 0 Å². The molecule has 2 rings (SSSR count). The highest BCUT2D eigenvalue weighted by molar-refractivity contribution is 5.22. The van der Waals surface area contributed by atoms with E-state index in [0.717, 1.165) is 5.56 Å². The molecule has 0 bridgehead atoms. The third-order valence-corrected chi connectivity index (χ3v) is 2.59. The lowest BCUT2D eigenvalue weighted by Gasteiger charge is -2.23. The monoisotopic (exact) mass is 227 g/mol. The molecule has 0 aromatic carbocycles. The second-order valence-corrected chi connectivity index (χ2v) is 3.86. The van der Waals surface area contributed by atoms with E-state index < -0.39 is 0 Å². The van der Waals surface area contributed by atoms with E-state index in [9.17, 15) is 0 Å². The van der Waals surface area contributed by atoms with Crippen molar-refractivity contribution in [3.05, 3.63) is 48.3 Å². The fourth-order valence-electron chi connectivity index (χ4n) is 1.89. The van der Waals surface area contributed by atoms with Crippen molar-refractivity contribution in [2.75, 3.05) is 0 Å². The first-order chi connectivity index (χ1) is 8.24. The summed E-state index contributed by atoms with van der Waals surface area (Å²) in [6.45, 7) is 1.90. The Bertz CT molecular complexity index is 523. The molecule has 0 aliphatic heterocycles. The van der Waals surface area contributed by atoms with E-state index in [1.165, 1.54) is 0 Å². The van der Waals surface area contributed by atoms with Crippen LogP contribution in [-0.4, -0.2) is 20.6 Å². The highest BCUT2D eigenvalue weighted by Gasteiger charge is 2.20. The number of nitrogens with two attached hydrogens (primary N) is 1. The summed E-state index contributed by atoms with van der Waals surface area (Å²) in [5, 5.41) is 9.00. The van der Waals surface area contributed by atoms with Crippen LogP contribution in [0.1, 0.15) is 24.4 Å². The van der Waals surface area contributed by atoms with E-state index in [-0.39, 0.29) is 12.1 Å². The predicted molar refractivity (Wildman–Crippen MR) is 63.0 cm³/mol. The Kier molecular flexibility index (Phi) is 3.17. The van der Waals surface area contributed by atoms with Crippen LogP contribution in [0.25, 0.3) is 0 Å². The molecular formula is C12H13N5. The van der Waals surface area contributed by atoms with E-state index in [4.69, 9.17) is 11.0 Å². The van der Waals surface area contributed by atoms with Crippen molar-refractivity contribution in [2.45, 2.75) is 19.0 Å². The predicted octanol–water partition coefficient (Wildman–Crippen LogP) is 1.09. The third-order valence-electron chi connectivity index (χ3n) is 2.59. The molecule has 0 aliphatic carbocycles. The quantitative estimate of drug-likeness (QED) is 0.851. The molecule has 0 saturated heterocycles. The Hall–Kier alpha value is -2.19. The van der Waals surface area contributed by atoms with Crippen LogP contribution < -0.4 is 5.73 Å². The molecule has 0 spiro atoms. The first kappa shape index (κ1) is 11.3. The Morgan fingerprint density at radius 3 is 2.88 bits per heavy atom. The first-order valence-electron chi connectivity index (χ1n) is 5.32. The van der Waals surface area contributed by atoms with Gasteiger partial charge in [-0.15, -0.1) is 0 Å². The summed E-state index contributed by atoms with van der Waals surface area (Å²) in [7, 11) is 0. The van der Waals surface area contributed by atoms with Crippen LogP contribution in [0, 0.1) is 11.3 Å². The summed E-state index contributed by atoms with van der Waals surface area (Å²) in [6.07, 6.45) is 6.83. The Morgan fingerprint density at radius 2 is 2.29 bits per heavy atom. The highest BCUT2D eigenvalue weighted by atomic mass is 15.1. The summed E-state index contributed by atoms with van der Waals surface area (Å²) >= 11 is 0. The van der Waals surface area contributed by atoms with E-state index in [1.54, 1.807) is 29.4 Å². The van der Waals surface area contributed by atoms with Gasteiger partial charge in [-0.25, -0.2) is 4.98 Å². The fraction of sp³-hybridized carbons (Fsp3) is 0.250. The third kappa shape index (κ3) is 2.17. The molecule has 5 nitrogen and oxygen atoms in total. The van der Waals surface area contributed by atoms with Gasteiger partial charge in [-0.2, -0.15) is 5.26 Å². The summed E-state index contributed by atoms with van der Waals surface area (Å²) in [5.41, 5.74) is 6.97. The molecule has 2 aromatic heterocycles. The lowest BCUT2D eigenvalue weighted by molar-refractivity contribution is 0.490. The maximum atomic E-state index is 9.00. The van der Waals surface area contributed by atoms with E-state index in [1.807, 2.05) is 19.1 Å². The SMILES string of the molecule is CC(N)C(c1cccnc1)n1ccnc1C#N. The van der Waals surface area contributed by atoms with Crippen molar-refractivity contribution in [3.8, 4) is 6.07 Å². The van der Waals surface area contributed by atoms with Crippen LogP contribution in [0.15, 0.2) is 36.9 Å². The largest absolute Gasteiger partial charge is 0.326 e. The molecule has 86 valence electrons. The number of imidazole rings is 1. The first-order valence-corrected chi connectivity index (χ1v) is 5.32. The zero-order valence-corrected chi connectivity index (χ0v) is 9.49. The van der Waals surface area contributed by atoms with Gasteiger partial charge in [-0.1, -0.05) is 6.07 Å². The van der Waals surface area contributed by atoms with E-state index >= 15 is 0 Å². The van der Waals surface area contributed by atoms with Crippen molar-refractivity contribution >= 4 is 0 Å². The molecule has 2 unspecified atom stereocenters. The van der Waals surface area contributed by atoms with Gasteiger partial charge in [0.2, 0.25) is 5.82 Å². The van der Waals surface area contributed by atoms with Crippen molar-refractivity contribution in [1.29, 1.82) is 5.26 Å². The van der Waals surface area contributed by atoms with Gasteiger partial charge >= 0.3 is 0 Å². The summed E-state index contributed by atoms with van der Waals surface area (Å²) in [5.74, 6) is 0.358. The minimum Gasteiger partial charge on any atom is -0.326 e. The van der Waals surface area contributed by atoms with Crippen LogP contribution >= 0.6 is 0 Å². The average molecular weight is 227 g/mol. The molecule has 0 saturated carbocycles. The van der Waals surface area contributed by atoms with Crippen LogP contribution in [0.5, 0.6) is 0 Å². The summed E-state index contributed by atoms with van der Waals surface area (Å²) in [4.78, 5) is 8.07. The number of nitrogens with zero attached hydrogens (tertiary/aromatic N) is 4. The van der Waals surface area contributed by atoms with Gasteiger partial charge < -0.3 is 10.3 Å². The minimum absolute atomic E-state index is 0.124. The Balaban J connectivity index is 2.48. The van der Waals surface area contributed by atoms with Gasteiger partial charge in [0.05, 0.1) is 6.04 Å². The van der Waals surface area contributed by atoms with E-state index in [2.05, 4.69) is 16.0 Å². The second kappa shape index (κ2) is 4.76. The zero-order chi connectivity index (χ0) is 12.3. The zero-order valence-electron chi connectivity index (χ0n) is 9.49. The molecule has 17 heavy (non-hydrogen) atoms. The number of hydrogen-bond acceptors (Lipinski definition) is 4. The standard InChI is InChI=1S/C12H13N5/c1-9(14)12(10-3-2-4-15-8-10)17-6-5-16-11(17)7-13/h2-6,8-9,12H,14H2,1H3. The lowest BCUT2D eigenvalue weighted by atomic mass is 10.0. The van der Waals surface area contributed by atoms with Gasteiger partial charge in [0.25, 0.3) is 0 Å². The number of hydrogen-bond donors (Lipinski definition) is 1. The molecule has 2 atom stereocenters. The molecule has 0 radical (unpaired) electrons. The molecule has 0 amide bonds. The lowest BCUT2D eigenvalue weighted by Crippen LogP contribution is -2.30. The highest BCUT2D eigenvalue weighted by Crippen LogP contribution is 2.21. The second-order valence-electron chi connectivity index (χ2n) is 3.86. The van der Waals surface area contributed by atoms with Gasteiger partial charge in [0.1, 0.15) is 6.07 Å². The van der Waals surface area contributed by atoms with Crippen LogP contribution in [0.3, 0.4) is 0 Å².